The predicted molar refractivity (Wildman–Crippen MR) is 67.9 cm³/mol. The zero-order valence-corrected chi connectivity index (χ0v) is 11.1. The molecule has 1 unspecified atom stereocenters. The molecule has 1 atom stereocenters. The van der Waals surface area contributed by atoms with Crippen molar-refractivity contribution in [2.45, 2.75) is 44.7 Å². The van der Waals surface area contributed by atoms with Crippen LogP contribution in [0.25, 0.3) is 0 Å². The Morgan fingerprint density at radius 3 is 2.94 bits per heavy atom. The second-order valence-electron chi connectivity index (χ2n) is 5.03. The summed E-state index contributed by atoms with van der Waals surface area (Å²) in [5.41, 5.74) is 5.39. The molecule has 1 aromatic heterocycles. The Morgan fingerprint density at radius 1 is 1.67 bits per heavy atom. The summed E-state index contributed by atoms with van der Waals surface area (Å²) in [5, 5.41) is 0. The fourth-order valence-electron chi connectivity index (χ4n) is 2.37. The van der Waals surface area contributed by atoms with Gasteiger partial charge in [0, 0.05) is 18.8 Å². The van der Waals surface area contributed by atoms with Crippen molar-refractivity contribution in [3.63, 3.8) is 0 Å². The number of nitrogens with zero attached hydrogens (tertiary/aromatic N) is 2. The Bertz CT molecular complexity index is 426. The molecule has 0 bridgehead atoms. The Labute approximate surface area is 107 Å². The van der Waals surface area contributed by atoms with Crippen molar-refractivity contribution < 1.29 is 9.53 Å². The van der Waals surface area contributed by atoms with E-state index in [4.69, 9.17) is 10.5 Å². The largest absolute Gasteiger partial charge is 0.468 e. The fraction of sp³-hybridized carbons (Fsp3) is 0.692. The summed E-state index contributed by atoms with van der Waals surface area (Å²) in [6.07, 6.45) is 7.57. The summed E-state index contributed by atoms with van der Waals surface area (Å²) in [4.78, 5) is 16.2. The molecule has 2 N–H and O–H groups in total. The van der Waals surface area contributed by atoms with Crippen LogP contribution in [0.15, 0.2) is 12.4 Å². The van der Waals surface area contributed by atoms with Crippen LogP contribution < -0.4 is 5.73 Å². The van der Waals surface area contributed by atoms with Gasteiger partial charge in [0.15, 0.2) is 0 Å². The number of carbonyl (C=O) groups is 1. The molecule has 0 aromatic carbocycles. The number of aryl methyl sites for hydroxylation is 1. The molecule has 1 saturated carbocycles. The number of esters is 1. The van der Waals surface area contributed by atoms with Gasteiger partial charge in [0.05, 0.1) is 13.7 Å². The van der Waals surface area contributed by atoms with E-state index < -0.39 is 5.54 Å². The molecule has 5 nitrogen and oxygen atoms in total. The Kier molecular flexibility index (Phi) is 3.71. The minimum absolute atomic E-state index is 0.238. The van der Waals surface area contributed by atoms with Crippen molar-refractivity contribution in [3.8, 4) is 0 Å². The number of hydrogen-bond donors (Lipinski definition) is 1. The lowest BCUT2D eigenvalue weighted by molar-refractivity contribution is -0.148. The normalized spacial score (nSPS) is 18.4. The van der Waals surface area contributed by atoms with Crippen molar-refractivity contribution in [1.82, 2.24) is 9.55 Å². The van der Waals surface area contributed by atoms with Crippen molar-refractivity contribution in [2.75, 3.05) is 7.11 Å². The van der Waals surface area contributed by atoms with Crippen LogP contribution in [0.2, 0.25) is 0 Å². The molecule has 1 aliphatic rings. The van der Waals surface area contributed by atoms with Crippen molar-refractivity contribution >= 4 is 5.97 Å². The molecule has 1 aliphatic carbocycles. The van der Waals surface area contributed by atoms with Gasteiger partial charge in [0.1, 0.15) is 11.4 Å². The van der Waals surface area contributed by atoms with Crippen LogP contribution in [-0.4, -0.2) is 28.2 Å². The highest BCUT2D eigenvalue weighted by molar-refractivity contribution is 5.81. The van der Waals surface area contributed by atoms with Gasteiger partial charge >= 0.3 is 5.97 Å². The van der Waals surface area contributed by atoms with Crippen LogP contribution in [0.3, 0.4) is 0 Å². The van der Waals surface area contributed by atoms with E-state index in [0.717, 1.165) is 31.5 Å². The van der Waals surface area contributed by atoms with E-state index in [2.05, 4.69) is 11.9 Å². The van der Waals surface area contributed by atoms with E-state index >= 15 is 0 Å². The van der Waals surface area contributed by atoms with Gasteiger partial charge in [-0.25, -0.2) is 9.78 Å². The third kappa shape index (κ3) is 2.41. The highest BCUT2D eigenvalue weighted by Gasteiger charge is 2.49. The molecule has 18 heavy (non-hydrogen) atoms. The number of ether oxygens (including phenoxy) is 1. The molecule has 2 rings (SSSR count). The van der Waals surface area contributed by atoms with Gasteiger partial charge in [-0.15, -0.1) is 0 Å². The number of imidazole rings is 1. The van der Waals surface area contributed by atoms with Crippen molar-refractivity contribution in [3.05, 3.63) is 18.2 Å². The van der Waals surface area contributed by atoms with Crippen LogP contribution in [0.5, 0.6) is 0 Å². The molecule has 0 saturated heterocycles. The molecule has 100 valence electrons. The van der Waals surface area contributed by atoms with Crippen LogP contribution in [0, 0.1) is 5.92 Å². The van der Waals surface area contributed by atoms with Gasteiger partial charge in [0.25, 0.3) is 0 Å². The maximum atomic E-state index is 11.9. The molecule has 0 radical (unpaired) electrons. The minimum atomic E-state index is -0.905. The highest BCUT2D eigenvalue weighted by atomic mass is 16.5. The monoisotopic (exact) mass is 251 g/mol. The fourth-order valence-corrected chi connectivity index (χ4v) is 2.37. The quantitative estimate of drug-likeness (QED) is 0.769. The Balaban J connectivity index is 2.18. The maximum Gasteiger partial charge on any atom is 0.327 e. The Morgan fingerprint density at radius 2 is 2.39 bits per heavy atom. The molecule has 1 aromatic rings. The topological polar surface area (TPSA) is 70.1 Å². The number of methoxy groups -OCH3 is 1. The van der Waals surface area contributed by atoms with Gasteiger partial charge in [0.2, 0.25) is 0 Å². The number of carbonyl (C=O) groups excluding carboxylic acids is 1. The van der Waals surface area contributed by atoms with Crippen LogP contribution in [0.1, 0.15) is 32.0 Å². The third-order valence-corrected chi connectivity index (χ3v) is 3.58. The SMILES string of the molecule is CCCc1nccn1CC(N)(C(=O)OC)C1CC1. The summed E-state index contributed by atoms with van der Waals surface area (Å²) >= 11 is 0. The lowest BCUT2D eigenvalue weighted by Gasteiger charge is -2.27. The molecular weight excluding hydrogens is 230 g/mol. The second-order valence-corrected chi connectivity index (χ2v) is 5.03. The zero-order valence-electron chi connectivity index (χ0n) is 11.1. The second kappa shape index (κ2) is 5.10. The molecule has 0 amide bonds. The highest BCUT2D eigenvalue weighted by Crippen LogP contribution is 2.40. The first-order valence-electron chi connectivity index (χ1n) is 6.49. The van der Waals surface area contributed by atoms with Gasteiger partial charge in [-0.1, -0.05) is 6.92 Å². The van der Waals surface area contributed by atoms with Gasteiger partial charge in [-0.05, 0) is 25.2 Å². The molecule has 5 heteroatoms. The Hall–Kier alpha value is -1.36. The molecular formula is C13H21N3O2. The van der Waals surface area contributed by atoms with Crippen molar-refractivity contribution in [2.24, 2.45) is 11.7 Å². The summed E-state index contributed by atoms with van der Waals surface area (Å²) in [6, 6.07) is 0. The summed E-state index contributed by atoms with van der Waals surface area (Å²) in [7, 11) is 1.40. The first kappa shape index (κ1) is 13.1. The summed E-state index contributed by atoms with van der Waals surface area (Å²) in [5.74, 6) is 0.903. The number of nitrogens with two attached hydrogens (primary N) is 1. The number of hydrogen-bond acceptors (Lipinski definition) is 4. The average molecular weight is 251 g/mol. The van der Waals surface area contributed by atoms with Crippen LogP contribution in [-0.2, 0) is 22.5 Å². The first-order chi connectivity index (χ1) is 8.61. The first-order valence-corrected chi connectivity index (χ1v) is 6.49. The molecule has 1 heterocycles. The van der Waals surface area contributed by atoms with Gasteiger partial charge in [-0.3, -0.25) is 0 Å². The van der Waals surface area contributed by atoms with E-state index in [0.29, 0.717) is 6.54 Å². The molecule has 0 spiro atoms. The minimum Gasteiger partial charge on any atom is -0.468 e. The predicted octanol–water partition coefficient (Wildman–Crippen LogP) is 1.12. The maximum absolute atomic E-state index is 11.9. The molecule has 1 fully saturated rings. The average Bonchev–Trinajstić information content (AvgIpc) is 3.14. The smallest absolute Gasteiger partial charge is 0.327 e. The van der Waals surface area contributed by atoms with Gasteiger partial charge in [-0.2, -0.15) is 0 Å². The van der Waals surface area contributed by atoms with E-state index in [1.54, 1.807) is 6.20 Å². The van der Waals surface area contributed by atoms with Crippen LogP contribution in [0.4, 0.5) is 0 Å². The lowest BCUT2D eigenvalue weighted by atomic mass is 9.94. The standard InChI is InChI=1S/C13H21N3O2/c1-3-4-11-15-7-8-16(11)9-13(14,10-5-6-10)12(17)18-2/h7-8,10H,3-6,9,14H2,1-2H3. The number of aromatic nitrogens is 2. The zero-order chi connectivity index (χ0) is 13.2. The van der Waals surface area contributed by atoms with E-state index in [9.17, 15) is 4.79 Å². The third-order valence-electron chi connectivity index (χ3n) is 3.58. The van der Waals surface area contributed by atoms with Crippen molar-refractivity contribution in [1.29, 1.82) is 0 Å². The summed E-state index contributed by atoms with van der Waals surface area (Å²) in [6.45, 7) is 2.57. The van der Waals surface area contributed by atoms with Crippen LogP contribution >= 0.6 is 0 Å². The van der Waals surface area contributed by atoms with E-state index in [1.807, 2.05) is 10.8 Å². The lowest BCUT2D eigenvalue weighted by Crippen LogP contribution is -2.54. The molecule has 0 aliphatic heterocycles. The number of rotatable bonds is 6. The van der Waals surface area contributed by atoms with E-state index in [-0.39, 0.29) is 11.9 Å². The van der Waals surface area contributed by atoms with Gasteiger partial charge < -0.3 is 15.0 Å². The van der Waals surface area contributed by atoms with E-state index in [1.165, 1.54) is 7.11 Å². The summed E-state index contributed by atoms with van der Waals surface area (Å²) < 4.78 is 6.85.